The monoisotopic (exact) mass is 400 g/mol. The first kappa shape index (κ1) is 17.2. The number of Topliss-reactive ketones (excluding diaryl/α,β-unsaturated/α-hetero) is 1. The van der Waals surface area contributed by atoms with Gasteiger partial charge in [0.25, 0.3) is 0 Å². The van der Waals surface area contributed by atoms with Gasteiger partial charge in [0.1, 0.15) is 11.1 Å². The van der Waals surface area contributed by atoms with Gasteiger partial charge >= 0.3 is 0 Å². The molecule has 1 aliphatic carbocycles. The lowest BCUT2D eigenvalue weighted by atomic mass is 9.88. The molecule has 3 rings (SSSR count). The fourth-order valence-corrected chi connectivity index (χ4v) is 4.55. The number of thioether (sulfide) groups is 1. The SMILES string of the molecule is Cc1nc(SCC(=O)c2ccccc2Br)c(C#N)c2c1CCCC2. The fraction of sp³-hybridized carbons (Fsp3) is 0.316. The number of rotatable bonds is 4. The predicted molar refractivity (Wildman–Crippen MR) is 99.5 cm³/mol. The van der Waals surface area contributed by atoms with Crippen molar-refractivity contribution in [2.24, 2.45) is 0 Å². The van der Waals surface area contributed by atoms with Gasteiger partial charge in [0.05, 0.1) is 11.3 Å². The summed E-state index contributed by atoms with van der Waals surface area (Å²) in [7, 11) is 0. The number of nitriles is 1. The summed E-state index contributed by atoms with van der Waals surface area (Å²) in [6, 6.07) is 9.73. The van der Waals surface area contributed by atoms with Crippen LogP contribution in [-0.4, -0.2) is 16.5 Å². The number of benzene rings is 1. The molecule has 5 heteroatoms. The Morgan fingerprint density at radius 1 is 1.29 bits per heavy atom. The minimum atomic E-state index is 0.0357. The van der Waals surface area contributed by atoms with Crippen LogP contribution in [0.5, 0.6) is 0 Å². The number of halogens is 1. The number of hydrogen-bond acceptors (Lipinski definition) is 4. The van der Waals surface area contributed by atoms with E-state index in [0.717, 1.165) is 41.4 Å². The standard InChI is InChI=1S/C19H17BrN2OS/c1-12-13-6-2-3-7-14(13)16(10-21)19(22-12)24-11-18(23)15-8-4-5-9-17(15)20/h4-5,8-9H,2-3,6-7,11H2,1H3. The quantitative estimate of drug-likeness (QED) is 0.541. The van der Waals surface area contributed by atoms with Gasteiger partial charge in [-0.1, -0.05) is 45.9 Å². The Hall–Kier alpha value is -1.64. The number of ketones is 1. The van der Waals surface area contributed by atoms with Crippen LogP contribution in [0.2, 0.25) is 0 Å². The van der Waals surface area contributed by atoms with Gasteiger partial charge in [-0.05, 0) is 49.8 Å². The molecule has 0 N–H and O–H groups in total. The summed E-state index contributed by atoms with van der Waals surface area (Å²) in [6.07, 6.45) is 4.22. The highest BCUT2D eigenvalue weighted by Gasteiger charge is 2.21. The Bertz CT molecular complexity index is 842. The highest BCUT2D eigenvalue weighted by Crippen LogP contribution is 2.32. The molecule has 2 aromatic rings. The Kier molecular flexibility index (Phi) is 5.37. The van der Waals surface area contributed by atoms with E-state index in [0.29, 0.717) is 16.2 Å². The Morgan fingerprint density at radius 3 is 2.71 bits per heavy atom. The zero-order chi connectivity index (χ0) is 17.1. The molecule has 1 aliphatic rings. The number of nitrogens with zero attached hydrogens (tertiary/aromatic N) is 2. The van der Waals surface area contributed by atoms with Crippen molar-refractivity contribution in [3.8, 4) is 6.07 Å². The molecule has 0 spiro atoms. The van der Waals surface area contributed by atoms with Gasteiger partial charge in [0, 0.05) is 15.7 Å². The molecule has 0 fully saturated rings. The maximum atomic E-state index is 12.5. The van der Waals surface area contributed by atoms with Crippen molar-refractivity contribution in [1.82, 2.24) is 4.98 Å². The maximum absolute atomic E-state index is 12.5. The van der Waals surface area contributed by atoms with Crippen LogP contribution in [0.3, 0.4) is 0 Å². The van der Waals surface area contributed by atoms with E-state index >= 15 is 0 Å². The molecule has 3 nitrogen and oxygen atoms in total. The van der Waals surface area contributed by atoms with E-state index in [2.05, 4.69) is 27.0 Å². The molecule has 0 atom stereocenters. The summed E-state index contributed by atoms with van der Waals surface area (Å²) >= 11 is 4.78. The van der Waals surface area contributed by atoms with Gasteiger partial charge < -0.3 is 0 Å². The van der Waals surface area contributed by atoms with E-state index < -0.39 is 0 Å². The predicted octanol–water partition coefficient (Wildman–Crippen LogP) is 4.88. The molecule has 1 heterocycles. The van der Waals surface area contributed by atoms with Crippen molar-refractivity contribution in [3.05, 3.63) is 56.7 Å². The summed E-state index contributed by atoms with van der Waals surface area (Å²) in [5.74, 6) is 0.316. The summed E-state index contributed by atoms with van der Waals surface area (Å²) in [4.78, 5) is 17.1. The van der Waals surface area contributed by atoms with Crippen LogP contribution in [-0.2, 0) is 12.8 Å². The highest BCUT2D eigenvalue weighted by molar-refractivity contribution is 9.10. The third-order valence-electron chi connectivity index (χ3n) is 4.32. The molecule has 0 bridgehead atoms. The van der Waals surface area contributed by atoms with Gasteiger partial charge in [0.2, 0.25) is 0 Å². The number of carbonyl (C=O) groups is 1. The lowest BCUT2D eigenvalue weighted by Gasteiger charge is -2.20. The molecule has 0 amide bonds. The molecule has 1 aromatic heterocycles. The lowest BCUT2D eigenvalue weighted by Crippen LogP contribution is -2.11. The number of fused-ring (bicyclic) bond motifs is 1. The van der Waals surface area contributed by atoms with Crippen LogP contribution in [0.25, 0.3) is 0 Å². The van der Waals surface area contributed by atoms with E-state index in [1.807, 2.05) is 31.2 Å². The molecule has 122 valence electrons. The van der Waals surface area contributed by atoms with Crippen molar-refractivity contribution in [2.45, 2.75) is 37.6 Å². The van der Waals surface area contributed by atoms with E-state index in [1.165, 1.54) is 17.3 Å². The molecular weight excluding hydrogens is 384 g/mol. The third-order valence-corrected chi connectivity index (χ3v) is 5.98. The maximum Gasteiger partial charge on any atom is 0.174 e. The van der Waals surface area contributed by atoms with Crippen LogP contribution >= 0.6 is 27.7 Å². The zero-order valence-corrected chi connectivity index (χ0v) is 15.8. The second-order valence-corrected chi connectivity index (χ2v) is 7.66. The highest BCUT2D eigenvalue weighted by atomic mass is 79.9. The van der Waals surface area contributed by atoms with E-state index in [9.17, 15) is 10.1 Å². The molecule has 24 heavy (non-hydrogen) atoms. The largest absolute Gasteiger partial charge is 0.293 e. The number of carbonyl (C=O) groups excluding carboxylic acids is 1. The summed E-state index contributed by atoms with van der Waals surface area (Å²) < 4.78 is 0.797. The van der Waals surface area contributed by atoms with Crippen molar-refractivity contribution >= 4 is 33.5 Å². The number of aryl methyl sites for hydroxylation is 1. The van der Waals surface area contributed by atoms with Gasteiger partial charge in [-0.15, -0.1) is 0 Å². The normalized spacial score (nSPS) is 13.2. The molecule has 0 saturated carbocycles. The lowest BCUT2D eigenvalue weighted by molar-refractivity contribution is 0.102. The number of aromatic nitrogens is 1. The minimum Gasteiger partial charge on any atom is -0.293 e. The van der Waals surface area contributed by atoms with Gasteiger partial charge in [-0.2, -0.15) is 5.26 Å². The molecule has 0 radical (unpaired) electrons. The Labute approximate surface area is 154 Å². The summed E-state index contributed by atoms with van der Waals surface area (Å²) in [5.41, 5.74) is 4.71. The smallest absolute Gasteiger partial charge is 0.174 e. The molecule has 1 aromatic carbocycles. The topological polar surface area (TPSA) is 53.8 Å². The minimum absolute atomic E-state index is 0.0357. The van der Waals surface area contributed by atoms with Gasteiger partial charge in [0.15, 0.2) is 5.78 Å². The van der Waals surface area contributed by atoms with Crippen molar-refractivity contribution < 1.29 is 4.79 Å². The van der Waals surface area contributed by atoms with E-state index in [4.69, 9.17) is 0 Å². The second kappa shape index (κ2) is 7.50. The first-order chi connectivity index (χ1) is 11.6. The molecule has 0 saturated heterocycles. The van der Waals surface area contributed by atoms with Gasteiger partial charge in [-0.3, -0.25) is 4.79 Å². The first-order valence-electron chi connectivity index (χ1n) is 7.94. The van der Waals surface area contributed by atoms with Crippen LogP contribution in [0.15, 0.2) is 33.8 Å². The Morgan fingerprint density at radius 2 is 2.00 bits per heavy atom. The van der Waals surface area contributed by atoms with Crippen molar-refractivity contribution in [1.29, 1.82) is 5.26 Å². The summed E-state index contributed by atoms with van der Waals surface area (Å²) in [5, 5.41) is 10.3. The average molecular weight is 401 g/mol. The number of hydrogen-bond donors (Lipinski definition) is 0. The third kappa shape index (κ3) is 3.40. The number of pyridine rings is 1. The molecule has 0 unspecified atom stereocenters. The Balaban J connectivity index is 1.86. The second-order valence-electron chi connectivity index (χ2n) is 5.85. The van der Waals surface area contributed by atoms with E-state index in [-0.39, 0.29) is 11.5 Å². The summed E-state index contributed by atoms with van der Waals surface area (Å²) in [6.45, 7) is 2.00. The van der Waals surface area contributed by atoms with Crippen LogP contribution < -0.4 is 0 Å². The zero-order valence-electron chi connectivity index (χ0n) is 13.4. The molecule has 0 aliphatic heterocycles. The van der Waals surface area contributed by atoms with Crippen molar-refractivity contribution in [3.63, 3.8) is 0 Å². The first-order valence-corrected chi connectivity index (χ1v) is 9.72. The fourth-order valence-electron chi connectivity index (χ4n) is 3.10. The van der Waals surface area contributed by atoms with Crippen molar-refractivity contribution in [2.75, 3.05) is 5.75 Å². The van der Waals surface area contributed by atoms with Crippen LogP contribution in [0, 0.1) is 18.3 Å². The van der Waals surface area contributed by atoms with Crippen LogP contribution in [0.1, 0.15) is 45.6 Å². The average Bonchev–Trinajstić information content (AvgIpc) is 2.60. The van der Waals surface area contributed by atoms with Crippen LogP contribution in [0.4, 0.5) is 0 Å². The van der Waals surface area contributed by atoms with E-state index in [1.54, 1.807) is 0 Å². The van der Waals surface area contributed by atoms with Gasteiger partial charge in [-0.25, -0.2) is 4.98 Å². The molecular formula is C19H17BrN2OS.